The number of anilines is 2. The molecule has 0 radical (unpaired) electrons. The number of nitrogens with two attached hydrogens (primary N) is 1. The molecule has 0 saturated heterocycles. The molecule has 0 saturated carbocycles. The molecule has 2 aromatic heterocycles. The van der Waals surface area contributed by atoms with Crippen LogP contribution in [-0.2, 0) is 6.54 Å². The quantitative estimate of drug-likeness (QED) is 0.940. The van der Waals surface area contributed by atoms with Crippen LogP contribution in [-0.4, -0.2) is 16.5 Å². The average Bonchev–Trinajstić information content (AvgIpc) is 2.37. The van der Waals surface area contributed by atoms with Crippen LogP contribution in [0.1, 0.15) is 18.3 Å². The van der Waals surface area contributed by atoms with Crippen LogP contribution in [0.4, 0.5) is 11.5 Å². The third-order valence-corrected chi connectivity index (χ3v) is 3.28. The fourth-order valence-corrected chi connectivity index (χ4v) is 2.28. The number of rotatable bonds is 4. The summed E-state index contributed by atoms with van der Waals surface area (Å²) in [5.41, 5.74) is 8.74. The number of hydrogen-bond donors (Lipinski definition) is 1. The lowest BCUT2D eigenvalue weighted by molar-refractivity contribution is 0.792. The first-order chi connectivity index (χ1) is 9.10. The highest BCUT2D eigenvalue weighted by molar-refractivity contribution is 9.10. The molecule has 0 bridgehead atoms. The Kier molecular flexibility index (Phi) is 4.37. The number of nitrogen functional groups attached to an aromatic ring is 1. The van der Waals surface area contributed by atoms with E-state index in [1.165, 1.54) is 0 Å². The largest absolute Gasteiger partial charge is 0.396 e. The van der Waals surface area contributed by atoms with Crippen molar-refractivity contribution in [3.63, 3.8) is 0 Å². The van der Waals surface area contributed by atoms with Crippen molar-refractivity contribution in [3.05, 3.63) is 46.3 Å². The van der Waals surface area contributed by atoms with E-state index < -0.39 is 0 Å². The van der Waals surface area contributed by atoms with Crippen molar-refractivity contribution in [2.24, 2.45) is 0 Å². The third-order valence-electron chi connectivity index (χ3n) is 2.84. The van der Waals surface area contributed by atoms with E-state index in [0.717, 1.165) is 28.2 Å². The lowest BCUT2D eigenvalue weighted by Crippen LogP contribution is -2.24. The van der Waals surface area contributed by atoms with Gasteiger partial charge >= 0.3 is 0 Å². The summed E-state index contributed by atoms with van der Waals surface area (Å²) in [7, 11) is 0. The minimum atomic E-state index is 0.670. The zero-order valence-electron chi connectivity index (χ0n) is 11.1. The molecule has 5 heteroatoms. The molecule has 100 valence electrons. The van der Waals surface area contributed by atoms with Gasteiger partial charge in [-0.05, 0) is 48.0 Å². The molecule has 0 spiro atoms. The van der Waals surface area contributed by atoms with Crippen molar-refractivity contribution in [2.75, 3.05) is 17.2 Å². The standard InChI is InChI=1S/C14H17BrN4/c1-3-19(9-12-6-4-5-10(2)18-12)14-13(16)7-11(15)8-17-14/h4-8H,3,9,16H2,1-2H3. The van der Waals surface area contributed by atoms with Gasteiger partial charge in [-0.1, -0.05) is 6.07 Å². The number of nitrogens with zero attached hydrogens (tertiary/aromatic N) is 3. The molecular formula is C14H17BrN4. The summed E-state index contributed by atoms with van der Waals surface area (Å²) in [5, 5.41) is 0. The van der Waals surface area contributed by atoms with Crippen molar-refractivity contribution < 1.29 is 0 Å². The van der Waals surface area contributed by atoms with Crippen molar-refractivity contribution in [2.45, 2.75) is 20.4 Å². The van der Waals surface area contributed by atoms with Crippen LogP contribution in [0.25, 0.3) is 0 Å². The van der Waals surface area contributed by atoms with E-state index in [2.05, 4.69) is 37.7 Å². The predicted octanol–water partition coefficient (Wildman–Crippen LogP) is 3.16. The fraction of sp³-hybridized carbons (Fsp3) is 0.286. The van der Waals surface area contributed by atoms with Gasteiger partial charge in [-0.25, -0.2) is 4.98 Å². The Labute approximate surface area is 121 Å². The molecule has 0 atom stereocenters. The van der Waals surface area contributed by atoms with E-state index in [4.69, 9.17) is 5.73 Å². The summed E-state index contributed by atoms with van der Waals surface area (Å²) in [4.78, 5) is 11.0. The van der Waals surface area contributed by atoms with E-state index in [-0.39, 0.29) is 0 Å². The summed E-state index contributed by atoms with van der Waals surface area (Å²) >= 11 is 3.37. The molecule has 19 heavy (non-hydrogen) atoms. The second-order valence-electron chi connectivity index (χ2n) is 4.35. The SMILES string of the molecule is CCN(Cc1cccc(C)n1)c1ncc(Br)cc1N. The molecule has 0 unspecified atom stereocenters. The summed E-state index contributed by atoms with van der Waals surface area (Å²) < 4.78 is 0.887. The molecule has 0 aliphatic carbocycles. The Morgan fingerprint density at radius 2 is 2.16 bits per heavy atom. The first-order valence-electron chi connectivity index (χ1n) is 6.18. The van der Waals surface area contributed by atoms with Gasteiger partial charge in [0.2, 0.25) is 0 Å². The Bertz CT molecular complexity index is 571. The number of aromatic nitrogens is 2. The van der Waals surface area contributed by atoms with E-state index >= 15 is 0 Å². The summed E-state index contributed by atoms with van der Waals surface area (Å²) in [6, 6.07) is 7.90. The summed E-state index contributed by atoms with van der Waals surface area (Å²) in [6.45, 7) is 5.61. The van der Waals surface area contributed by atoms with Crippen molar-refractivity contribution in [1.82, 2.24) is 9.97 Å². The molecule has 0 fully saturated rings. The lowest BCUT2D eigenvalue weighted by atomic mass is 10.3. The highest BCUT2D eigenvalue weighted by Gasteiger charge is 2.11. The number of halogens is 1. The maximum atomic E-state index is 6.03. The van der Waals surface area contributed by atoms with E-state index in [1.54, 1.807) is 6.20 Å². The normalized spacial score (nSPS) is 10.5. The van der Waals surface area contributed by atoms with Gasteiger partial charge in [0.1, 0.15) is 0 Å². The first kappa shape index (κ1) is 13.8. The Morgan fingerprint density at radius 1 is 1.37 bits per heavy atom. The topological polar surface area (TPSA) is 55.0 Å². The molecule has 2 rings (SSSR count). The van der Waals surface area contributed by atoms with E-state index in [0.29, 0.717) is 12.2 Å². The Morgan fingerprint density at radius 3 is 2.79 bits per heavy atom. The zero-order valence-corrected chi connectivity index (χ0v) is 12.7. The number of hydrogen-bond acceptors (Lipinski definition) is 4. The van der Waals surface area contributed by atoms with Gasteiger partial charge in [0.05, 0.1) is 17.9 Å². The van der Waals surface area contributed by atoms with E-state index in [1.807, 2.05) is 31.2 Å². The highest BCUT2D eigenvalue weighted by Crippen LogP contribution is 2.24. The maximum absolute atomic E-state index is 6.03. The molecule has 0 amide bonds. The van der Waals surface area contributed by atoms with Crippen LogP contribution < -0.4 is 10.6 Å². The van der Waals surface area contributed by atoms with Crippen LogP contribution in [0.2, 0.25) is 0 Å². The van der Waals surface area contributed by atoms with Crippen molar-refractivity contribution in [3.8, 4) is 0 Å². The molecule has 0 aromatic carbocycles. The average molecular weight is 321 g/mol. The minimum Gasteiger partial charge on any atom is -0.396 e. The predicted molar refractivity (Wildman–Crippen MR) is 82.0 cm³/mol. The monoisotopic (exact) mass is 320 g/mol. The van der Waals surface area contributed by atoms with Gasteiger partial charge in [-0.15, -0.1) is 0 Å². The fourth-order valence-electron chi connectivity index (χ4n) is 1.93. The van der Waals surface area contributed by atoms with Crippen molar-refractivity contribution in [1.29, 1.82) is 0 Å². The van der Waals surface area contributed by atoms with Crippen molar-refractivity contribution >= 4 is 27.4 Å². The van der Waals surface area contributed by atoms with Gasteiger partial charge in [-0.3, -0.25) is 4.98 Å². The Hall–Kier alpha value is -1.62. The second-order valence-corrected chi connectivity index (χ2v) is 5.27. The number of pyridine rings is 2. The molecule has 4 nitrogen and oxygen atoms in total. The van der Waals surface area contributed by atoms with Crippen LogP contribution >= 0.6 is 15.9 Å². The van der Waals surface area contributed by atoms with Crippen LogP contribution in [0, 0.1) is 6.92 Å². The molecular weight excluding hydrogens is 304 g/mol. The van der Waals surface area contributed by atoms with Crippen LogP contribution in [0.5, 0.6) is 0 Å². The van der Waals surface area contributed by atoms with E-state index in [9.17, 15) is 0 Å². The second kappa shape index (κ2) is 6.02. The van der Waals surface area contributed by atoms with Gasteiger partial charge in [0.25, 0.3) is 0 Å². The molecule has 2 N–H and O–H groups in total. The van der Waals surface area contributed by atoms with Crippen LogP contribution in [0.3, 0.4) is 0 Å². The molecule has 2 heterocycles. The summed E-state index contributed by atoms with van der Waals surface area (Å²) in [5.74, 6) is 0.800. The van der Waals surface area contributed by atoms with Gasteiger partial charge in [-0.2, -0.15) is 0 Å². The molecule has 0 aliphatic rings. The Balaban J connectivity index is 2.25. The third kappa shape index (κ3) is 3.44. The maximum Gasteiger partial charge on any atom is 0.152 e. The smallest absolute Gasteiger partial charge is 0.152 e. The van der Waals surface area contributed by atoms with Crippen LogP contribution in [0.15, 0.2) is 34.9 Å². The first-order valence-corrected chi connectivity index (χ1v) is 6.98. The molecule has 0 aliphatic heterocycles. The minimum absolute atomic E-state index is 0.670. The highest BCUT2D eigenvalue weighted by atomic mass is 79.9. The van der Waals surface area contributed by atoms with Gasteiger partial charge in [0.15, 0.2) is 5.82 Å². The molecule has 2 aromatic rings. The summed E-state index contributed by atoms with van der Waals surface area (Å²) in [6.07, 6.45) is 1.76. The number of aryl methyl sites for hydroxylation is 1. The van der Waals surface area contributed by atoms with Gasteiger partial charge < -0.3 is 10.6 Å². The lowest BCUT2D eigenvalue weighted by Gasteiger charge is -2.23. The van der Waals surface area contributed by atoms with Gasteiger partial charge in [0, 0.05) is 22.9 Å². The zero-order chi connectivity index (χ0) is 13.8.